The van der Waals surface area contributed by atoms with E-state index in [0.29, 0.717) is 24.1 Å². The molecule has 0 amide bonds. The summed E-state index contributed by atoms with van der Waals surface area (Å²) in [4.78, 5) is 0.285. The van der Waals surface area contributed by atoms with Crippen molar-refractivity contribution >= 4 is 10.0 Å². The summed E-state index contributed by atoms with van der Waals surface area (Å²) >= 11 is 0. The van der Waals surface area contributed by atoms with E-state index in [-0.39, 0.29) is 11.5 Å². The molecule has 0 spiro atoms. The molecule has 19 heavy (non-hydrogen) atoms. The van der Waals surface area contributed by atoms with E-state index in [1.807, 2.05) is 0 Å². The topological polar surface area (TPSA) is 57.6 Å². The maximum absolute atomic E-state index is 12.3. The Morgan fingerprint density at radius 2 is 2.05 bits per heavy atom. The van der Waals surface area contributed by atoms with Crippen LogP contribution in [0.5, 0.6) is 0 Å². The summed E-state index contributed by atoms with van der Waals surface area (Å²) in [5, 5.41) is 8.67. The third-order valence-corrected chi connectivity index (χ3v) is 4.87. The molecular weight excluding hydrogens is 262 g/mol. The van der Waals surface area contributed by atoms with E-state index in [1.165, 1.54) is 4.31 Å². The van der Waals surface area contributed by atoms with E-state index in [9.17, 15) is 8.42 Å². The minimum atomic E-state index is -3.46. The Labute approximate surface area is 115 Å². The SMILES string of the molecule is CCN(C)S(=O)(=O)c1cc(C#CCCO)ccc1C. The minimum absolute atomic E-state index is 0.00257. The molecule has 104 valence electrons. The van der Waals surface area contributed by atoms with Gasteiger partial charge in [-0.2, -0.15) is 0 Å². The summed E-state index contributed by atoms with van der Waals surface area (Å²) in [7, 11) is -1.90. The summed E-state index contributed by atoms with van der Waals surface area (Å²) in [6, 6.07) is 5.12. The molecule has 0 aromatic heterocycles. The molecule has 0 saturated carbocycles. The van der Waals surface area contributed by atoms with Crippen LogP contribution in [0.4, 0.5) is 0 Å². The molecule has 0 fully saturated rings. The second kappa shape index (κ2) is 6.71. The third-order valence-electron chi connectivity index (χ3n) is 2.79. The Kier molecular flexibility index (Phi) is 5.55. The second-order valence-corrected chi connectivity index (χ2v) is 6.19. The average molecular weight is 281 g/mol. The van der Waals surface area contributed by atoms with Crippen LogP contribution in [0.3, 0.4) is 0 Å². The normalized spacial score (nSPS) is 11.2. The molecule has 0 heterocycles. The van der Waals surface area contributed by atoms with Crippen LogP contribution >= 0.6 is 0 Å². The van der Waals surface area contributed by atoms with Gasteiger partial charge < -0.3 is 5.11 Å². The maximum atomic E-state index is 12.3. The van der Waals surface area contributed by atoms with Crippen molar-refractivity contribution < 1.29 is 13.5 Å². The van der Waals surface area contributed by atoms with E-state index in [1.54, 1.807) is 39.1 Å². The highest BCUT2D eigenvalue weighted by molar-refractivity contribution is 7.89. The lowest BCUT2D eigenvalue weighted by Crippen LogP contribution is -2.27. The van der Waals surface area contributed by atoms with E-state index in [4.69, 9.17) is 5.11 Å². The zero-order chi connectivity index (χ0) is 14.5. The number of hydrogen-bond acceptors (Lipinski definition) is 3. The van der Waals surface area contributed by atoms with Crippen LogP contribution < -0.4 is 0 Å². The molecule has 1 N–H and O–H groups in total. The number of rotatable bonds is 4. The lowest BCUT2D eigenvalue weighted by Gasteiger charge is -2.16. The lowest BCUT2D eigenvalue weighted by atomic mass is 10.1. The van der Waals surface area contributed by atoms with Gasteiger partial charge in [0.2, 0.25) is 10.0 Å². The van der Waals surface area contributed by atoms with Crippen molar-refractivity contribution in [1.82, 2.24) is 4.31 Å². The Morgan fingerprint density at radius 3 is 2.63 bits per heavy atom. The van der Waals surface area contributed by atoms with Gasteiger partial charge >= 0.3 is 0 Å². The van der Waals surface area contributed by atoms with Crippen molar-refractivity contribution in [1.29, 1.82) is 0 Å². The number of aliphatic hydroxyl groups excluding tert-OH is 1. The summed E-state index contributed by atoms with van der Waals surface area (Å²) in [5.41, 5.74) is 1.34. The first-order valence-corrected chi connectivity index (χ1v) is 7.54. The van der Waals surface area contributed by atoms with E-state index in [0.717, 1.165) is 0 Å². The quantitative estimate of drug-likeness (QED) is 0.848. The predicted octanol–water partition coefficient (Wildman–Crippen LogP) is 1.37. The average Bonchev–Trinajstić information content (AvgIpc) is 2.39. The smallest absolute Gasteiger partial charge is 0.243 e. The van der Waals surface area contributed by atoms with Gasteiger partial charge in [0, 0.05) is 25.6 Å². The zero-order valence-corrected chi connectivity index (χ0v) is 12.3. The molecule has 0 aliphatic rings. The van der Waals surface area contributed by atoms with E-state index >= 15 is 0 Å². The van der Waals surface area contributed by atoms with Crippen LogP contribution in [-0.2, 0) is 10.0 Å². The molecule has 0 aliphatic heterocycles. The van der Waals surface area contributed by atoms with Gasteiger partial charge in [-0.3, -0.25) is 0 Å². The maximum Gasteiger partial charge on any atom is 0.243 e. The van der Waals surface area contributed by atoms with Crippen LogP contribution in [0.15, 0.2) is 23.1 Å². The Bertz CT molecular complexity index is 597. The molecule has 1 rings (SSSR count). The number of hydrogen-bond donors (Lipinski definition) is 1. The van der Waals surface area contributed by atoms with Gasteiger partial charge in [0.25, 0.3) is 0 Å². The summed E-state index contributed by atoms with van der Waals surface area (Å²) in [5.74, 6) is 5.63. The summed E-state index contributed by atoms with van der Waals surface area (Å²) < 4.78 is 25.9. The summed E-state index contributed by atoms with van der Waals surface area (Å²) in [6.45, 7) is 3.98. The molecule has 0 unspecified atom stereocenters. The number of sulfonamides is 1. The molecule has 0 aliphatic carbocycles. The van der Waals surface area contributed by atoms with Crippen LogP contribution in [0.25, 0.3) is 0 Å². The minimum Gasteiger partial charge on any atom is -0.395 e. The van der Waals surface area contributed by atoms with Gasteiger partial charge in [-0.25, -0.2) is 12.7 Å². The van der Waals surface area contributed by atoms with Gasteiger partial charge in [0.15, 0.2) is 0 Å². The molecule has 0 radical (unpaired) electrons. The number of aliphatic hydroxyl groups is 1. The molecular formula is C14H19NO3S. The highest BCUT2D eigenvalue weighted by Crippen LogP contribution is 2.20. The van der Waals surface area contributed by atoms with Crippen LogP contribution in [0.2, 0.25) is 0 Å². The van der Waals surface area contributed by atoms with Crippen molar-refractivity contribution in [2.24, 2.45) is 0 Å². The zero-order valence-electron chi connectivity index (χ0n) is 11.5. The van der Waals surface area contributed by atoms with Crippen LogP contribution in [0, 0.1) is 18.8 Å². The van der Waals surface area contributed by atoms with Crippen molar-refractivity contribution in [3.63, 3.8) is 0 Å². The number of benzene rings is 1. The predicted molar refractivity (Wildman–Crippen MR) is 75.2 cm³/mol. The molecule has 1 aromatic rings. The first-order chi connectivity index (χ1) is 8.93. The number of aryl methyl sites for hydroxylation is 1. The first kappa shape index (κ1) is 15.7. The van der Waals surface area contributed by atoms with E-state index in [2.05, 4.69) is 11.8 Å². The largest absolute Gasteiger partial charge is 0.395 e. The van der Waals surface area contributed by atoms with E-state index < -0.39 is 10.0 Å². The Balaban J connectivity index is 3.23. The second-order valence-electron chi connectivity index (χ2n) is 4.17. The highest BCUT2D eigenvalue weighted by Gasteiger charge is 2.21. The van der Waals surface area contributed by atoms with Crippen molar-refractivity contribution in [2.75, 3.05) is 20.2 Å². The fraction of sp³-hybridized carbons (Fsp3) is 0.429. The van der Waals surface area contributed by atoms with Gasteiger partial charge in [-0.05, 0) is 24.6 Å². The fourth-order valence-corrected chi connectivity index (χ4v) is 2.94. The van der Waals surface area contributed by atoms with Gasteiger partial charge in [-0.1, -0.05) is 24.8 Å². The molecule has 0 bridgehead atoms. The molecule has 0 atom stereocenters. The van der Waals surface area contributed by atoms with Crippen molar-refractivity contribution in [3.8, 4) is 11.8 Å². The highest BCUT2D eigenvalue weighted by atomic mass is 32.2. The standard InChI is InChI=1S/C14H19NO3S/c1-4-15(3)19(17,18)14-11-13(7-5-6-10-16)9-8-12(14)2/h8-9,11,16H,4,6,10H2,1-3H3. The van der Waals surface area contributed by atoms with Gasteiger partial charge in [0.1, 0.15) is 0 Å². The third kappa shape index (κ3) is 3.80. The van der Waals surface area contributed by atoms with Gasteiger partial charge in [0.05, 0.1) is 11.5 Å². The lowest BCUT2D eigenvalue weighted by molar-refractivity contribution is 0.305. The Hall–Kier alpha value is -1.35. The Morgan fingerprint density at radius 1 is 1.37 bits per heavy atom. The summed E-state index contributed by atoms with van der Waals surface area (Å²) in [6.07, 6.45) is 0.380. The molecule has 4 nitrogen and oxygen atoms in total. The molecule has 1 aromatic carbocycles. The molecule has 5 heteroatoms. The van der Waals surface area contributed by atoms with Gasteiger partial charge in [-0.15, -0.1) is 0 Å². The van der Waals surface area contributed by atoms with Crippen molar-refractivity contribution in [3.05, 3.63) is 29.3 Å². The van der Waals surface area contributed by atoms with Crippen molar-refractivity contribution in [2.45, 2.75) is 25.2 Å². The monoisotopic (exact) mass is 281 g/mol. The first-order valence-electron chi connectivity index (χ1n) is 6.10. The molecule has 0 saturated heterocycles. The van der Waals surface area contributed by atoms with Crippen LogP contribution in [-0.4, -0.2) is 38.0 Å². The number of nitrogens with zero attached hydrogens (tertiary/aromatic N) is 1. The van der Waals surface area contributed by atoms with Crippen LogP contribution in [0.1, 0.15) is 24.5 Å². The fourth-order valence-electron chi connectivity index (χ4n) is 1.51.